The second kappa shape index (κ2) is 11.7. The minimum Gasteiger partial charge on any atom is -0.353 e. The Morgan fingerprint density at radius 3 is 2.52 bits per heavy atom. The minimum atomic E-state index is -0.897. The third kappa shape index (κ3) is 5.61. The van der Waals surface area contributed by atoms with Gasteiger partial charge in [-0.1, -0.05) is 18.2 Å². The van der Waals surface area contributed by atoms with Crippen molar-refractivity contribution in [3.05, 3.63) is 98.5 Å². The molecule has 0 aliphatic heterocycles. The number of carbonyl (C=O) groups excluding carboxylic acids is 1. The molecule has 0 aliphatic rings. The topological polar surface area (TPSA) is 101 Å². The Morgan fingerprint density at radius 1 is 1.00 bits per heavy atom. The number of anilines is 2. The number of carbonyl (C=O) groups is 1. The molecule has 0 bridgehead atoms. The summed E-state index contributed by atoms with van der Waals surface area (Å²) in [6.45, 7) is 2.95. The van der Waals surface area contributed by atoms with Gasteiger partial charge in [-0.25, -0.2) is 13.8 Å². The highest BCUT2D eigenvalue weighted by Crippen LogP contribution is 2.32. The molecule has 0 fully saturated rings. The highest BCUT2D eigenvalue weighted by Gasteiger charge is 2.20. The van der Waals surface area contributed by atoms with Crippen LogP contribution in [0.2, 0.25) is 0 Å². The molecule has 3 heterocycles. The number of fused-ring (bicyclic) bond motifs is 1. The predicted octanol–water partition coefficient (Wildman–Crippen LogP) is 4.91. The number of likely N-dealkylation sites (N-methyl/N-ethyl adjacent to an activating group) is 1. The van der Waals surface area contributed by atoms with E-state index in [0.717, 1.165) is 27.1 Å². The molecule has 5 rings (SSSR count). The molecule has 0 saturated carbocycles. The van der Waals surface area contributed by atoms with E-state index < -0.39 is 22.9 Å². The monoisotopic (exact) mass is 560 g/mol. The summed E-state index contributed by atoms with van der Waals surface area (Å²) in [7, 11) is 1.80. The summed E-state index contributed by atoms with van der Waals surface area (Å²) in [6.07, 6.45) is 0.247. The molecular formula is C29H26F2N6O2S. The van der Waals surface area contributed by atoms with E-state index in [9.17, 15) is 18.4 Å². The average Bonchev–Trinajstić information content (AvgIpc) is 3.43. The van der Waals surface area contributed by atoms with E-state index in [1.54, 1.807) is 25.2 Å². The van der Waals surface area contributed by atoms with Crippen molar-refractivity contribution in [2.24, 2.45) is 0 Å². The average molecular weight is 561 g/mol. The minimum absolute atomic E-state index is 0.0417. The fourth-order valence-corrected chi connectivity index (χ4v) is 5.05. The lowest BCUT2D eigenvalue weighted by atomic mass is 10.0. The molecule has 0 spiro atoms. The lowest BCUT2D eigenvalue weighted by Gasteiger charge is -2.17. The Kier molecular flexibility index (Phi) is 7.94. The number of benzene rings is 2. The van der Waals surface area contributed by atoms with E-state index in [2.05, 4.69) is 20.9 Å². The molecular weight excluding hydrogens is 534 g/mol. The van der Waals surface area contributed by atoms with Gasteiger partial charge in [0.2, 0.25) is 11.9 Å². The maximum absolute atomic E-state index is 14.9. The van der Waals surface area contributed by atoms with Crippen molar-refractivity contribution in [2.75, 3.05) is 30.8 Å². The van der Waals surface area contributed by atoms with Gasteiger partial charge in [0.25, 0.3) is 5.56 Å². The highest BCUT2D eigenvalue weighted by molar-refractivity contribution is 7.10. The standard InChI is InChI=1S/C29H26F2N6O2S/c1-17-8-9-18(34-24(38)16-19-5-4-14-40-19)15-21(17)26-20-10-11-25(39)37(27-22(30)6-3-7-23(27)31)28(20)36-29(35-26)33-13-12-32-2/h3-11,14-15,32H,12-13,16H2,1-2H3,(H,34,38)(H,33,35,36). The first-order chi connectivity index (χ1) is 19.4. The van der Waals surface area contributed by atoms with Crippen LogP contribution in [0.3, 0.4) is 0 Å². The van der Waals surface area contributed by atoms with Crippen LogP contribution in [0.5, 0.6) is 0 Å². The summed E-state index contributed by atoms with van der Waals surface area (Å²) < 4.78 is 30.7. The van der Waals surface area contributed by atoms with Crippen LogP contribution in [0.4, 0.5) is 20.4 Å². The van der Waals surface area contributed by atoms with E-state index in [4.69, 9.17) is 4.98 Å². The molecule has 0 atom stereocenters. The Labute approximate surface area is 232 Å². The molecule has 3 N–H and O–H groups in total. The zero-order chi connectivity index (χ0) is 28.2. The van der Waals surface area contributed by atoms with Crippen LogP contribution in [-0.2, 0) is 11.2 Å². The van der Waals surface area contributed by atoms with Gasteiger partial charge in [0.15, 0.2) is 5.65 Å². The van der Waals surface area contributed by atoms with Gasteiger partial charge in [0, 0.05) is 40.7 Å². The number of aromatic nitrogens is 3. The van der Waals surface area contributed by atoms with Gasteiger partial charge in [-0.2, -0.15) is 4.98 Å². The number of nitrogens with one attached hydrogen (secondary N) is 3. The second-order valence-electron chi connectivity index (χ2n) is 9.07. The fraction of sp³-hybridized carbons (Fsp3) is 0.172. The number of thiophene rings is 1. The van der Waals surface area contributed by atoms with Gasteiger partial charge >= 0.3 is 0 Å². The summed E-state index contributed by atoms with van der Waals surface area (Å²) >= 11 is 1.51. The Balaban J connectivity index is 1.67. The maximum atomic E-state index is 14.9. The number of rotatable bonds is 9. The van der Waals surface area contributed by atoms with Gasteiger partial charge < -0.3 is 16.0 Å². The van der Waals surface area contributed by atoms with Gasteiger partial charge in [-0.05, 0) is 61.3 Å². The van der Waals surface area contributed by atoms with E-state index in [0.29, 0.717) is 35.4 Å². The Bertz CT molecular complexity index is 1730. The van der Waals surface area contributed by atoms with Gasteiger partial charge in [0.05, 0.1) is 12.1 Å². The van der Waals surface area contributed by atoms with Crippen molar-refractivity contribution in [1.82, 2.24) is 19.9 Å². The molecule has 0 radical (unpaired) electrons. The van der Waals surface area contributed by atoms with Crippen LogP contribution in [0.15, 0.2) is 70.8 Å². The largest absolute Gasteiger partial charge is 0.353 e. The van der Waals surface area contributed by atoms with Crippen LogP contribution < -0.4 is 21.5 Å². The first-order valence-electron chi connectivity index (χ1n) is 12.6. The third-order valence-electron chi connectivity index (χ3n) is 6.26. The maximum Gasteiger partial charge on any atom is 0.256 e. The number of hydrogen-bond donors (Lipinski definition) is 3. The zero-order valence-corrected chi connectivity index (χ0v) is 22.6. The molecule has 3 aromatic heterocycles. The molecule has 1 amide bonds. The van der Waals surface area contributed by atoms with Crippen LogP contribution in [0, 0.1) is 18.6 Å². The van der Waals surface area contributed by atoms with Gasteiger partial charge in [-0.3, -0.25) is 14.2 Å². The number of para-hydroxylation sites is 1. The second-order valence-corrected chi connectivity index (χ2v) is 10.1. The SMILES string of the molecule is CNCCNc1nc(-c2cc(NC(=O)Cc3cccs3)ccc2C)c2ccc(=O)n(-c3c(F)cccc3F)c2n1. The van der Waals surface area contributed by atoms with Crippen LogP contribution >= 0.6 is 11.3 Å². The molecule has 2 aromatic carbocycles. The molecule has 0 saturated heterocycles. The van der Waals surface area contributed by atoms with E-state index in [1.165, 1.54) is 23.5 Å². The molecule has 0 aliphatic carbocycles. The van der Waals surface area contributed by atoms with E-state index in [-0.39, 0.29) is 23.9 Å². The van der Waals surface area contributed by atoms with Crippen LogP contribution in [-0.4, -0.2) is 40.6 Å². The van der Waals surface area contributed by atoms with Crippen LogP contribution in [0.25, 0.3) is 28.0 Å². The first kappa shape index (κ1) is 27.1. The summed E-state index contributed by atoms with van der Waals surface area (Å²) in [4.78, 5) is 35.9. The van der Waals surface area contributed by atoms with Crippen molar-refractivity contribution < 1.29 is 13.6 Å². The van der Waals surface area contributed by atoms with E-state index in [1.807, 2.05) is 30.5 Å². The van der Waals surface area contributed by atoms with Crippen molar-refractivity contribution in [3.63, 3.8) is 0 Å². The molecule has 0 unspecified atom stereocenters. The quantitative estimate of drug-likeness (QED) is 0.222. The Hall–Kier alpha value is -4.48. The molecule has 204 valence electrons. The van der Waals surface area contributed by atoms with Crippen molar-refractivity contribution in [3.8, 4) is 16.9 Å². The van der Waals surface area contributed by atoms with Crippen molar-refractivity contribution >= 4 is 39.9 Å². The van der Waals surface area contributed by atoms with Gasteiger partial charge in [-0.15, -0.1) is 11.3 Å². The molecule has 11 heteroatoms. The fourth-order valence-electron chi connectivity index (χ4n) is 4.35. The lowest BCUT2D eigenvalue weighted by molar-refractivity contribution is -0.115. The van der Waals surface area contributed by atoms with Crippen molar-refractivity contribution in [2.45, 2.75) is 13.3 Å². The summed E-state index contributed by atoms with van der Waals surface area (Å²) in [5.41, 5.74) is 1.38. The number of hydrogen-bond acceptors (Lipinski definition) is 7. The van der Waals surface area contributed by atoms with E-state index >= 15 is 0 Å². The number of nitrogens with zero attached hydrogens (tertiary/aromatic N) is 3. The third-order valence-corrected chi connectivity index (χ3v) is 7.14. The predicted molar refractivity (Wildman–Crippen MR) is 154 cm³/mol. The molecule has 8 nitrogen and oxygen atoms in total. The Morgan fingerprint density at radius 2 is 1.80 bits per heavy atom. The smallest absolute Gasteiger partial charge is 0.256 e. The number of aryl methyl sites for hydroxylation is 1. The molecule has 5 aromatic rings. The van der Waals surface area contributed by atoms with Crippen molar-refractivity contribution in [1.29, 1.82) is 0 Å². The summed E-state index contributed by atoms with van der Waals surface area (Å²) in [5.74, 6) is -1.78. The van der Waals surface area contributed by atoms with Gasteiger partial charge in [0.1, 0.15) is 17.3 Å². The first-order valence-corrected chi connectivity index (χ1v) is 13.4. The highest BCUT2D eigenvalue weighted by atomic mass is 32.1. The zero-order valence-electron chi connectivity index (χ0n) is 21.8. The number of pyridine rings is 1. The lowest BCUT2D eigenvalue weighted by Crippen LogP contribution is -2.23. The number of amides is 1. The van der Waals surface area contributed by atoms with Crippen LogP contribution in [0.1, 0.15) is 10.4 Å². The summed E-state index contributed by atoms with van der Waals surface area (Å²) in [6, 6.07) is 15.4. The normalized spacial score (nSPS) is 11.1. The summed E-state index contributed by atoms with van der Waals surface area (Å²) in [5, 5.41) is 11.4. The number of halogens is 2. The molecule has 40 heavy (non-hydrogen) atoms.